The summed E-state index contributed by atoms with van der Waals surface area (Å²) in [5, 5.41) is 24.8. The maximum Gasteiger partial charge on any atom is 0.0991 e. The number of benzene rings is 6. The first-order chi connectivity index (χ1) is 24.2. The van der Waals surface area contributed by atoms with Crippen LogP contribution in [0.1, 0.15) is 30.4 Å². The number of rotatable bonds is 3. The normalized spacial score (nSPS) is 15.3. The molecule has 4 heteroatoms. The number of hydrogen-bond donors (Lipinski definition) is 2. The molecule has 238 valence electrons. The van der Waals surface area contributed by atoms with Gasteiger partial charge in [-0.25, -0.2) is 0 Å². The molecule has 2 aliphatic rings. The molecule has 4 nitrogen and oxygen atoms in total. The van der Waals surface area contributed by atoms with Crippen molar-refractivity contribution in [3.8, 4) is 6.07 Å². The van der Waals surface area contributed by atoms with E-state index in [1.807, 2.05) is 12.1 Å². The van der Waals surface area contributed by atoms with E-state index in [-0.39, 0.29) is 0 Å². The molecule has 1 aromatic heterocycles. The minimum absolute atomic E-state index is 0.573. The Kier molecular flexibility index (Phi) is 8.91. The Labute approximate surface area is 286 Å². The zero-order valence-electron chi connectivity index (χ0n) is 27.4. The largest absolute Gasteiger partial charge is 0.402 e. The van der Waals surface area contributed by atoms with Gasteiger partial charge >= 0.3 is 0 Å². The number of allylic oxidation sites excluding steroid dienone is 8. The summed E-state index contributed by atoms with van der Waals surface area (Å²) >= 11 is 0. The van der Waals surface area contributed by atoms with Crippen molar-refractivity contribution in [1.29, 1.82) is 10.7 Å². The van der Waals surface area contributed by atoms with Gasteiger partial charge in [0.15, 0.2) is 0 Å². The smallest absolute Gasteiger partial charge is 0.0991 e. The molecule has 1 unspecified atom stereocenters. The maximum atomic E-state index is 9.35. The Bertz CT molecular complexity index is 2460. The summed E-state index contributed by atoms with van der Waals surface area (Å²) in [5.41, 5.74) is 12.7. The Balaban J connectivity index is 0.000000153. The van der Waals surface area contributed by atoms with E-state index in [0.29, 0.717) is 11.5 Å². The van der Waals surface area contributed by atoms with Crippen LogP contribution in [0.4, 0.5) is 0 Å². The van der Waals surface area contributed by atoms with Crippen molar-refractivity contribution in [1.82, 2.24) is 4.57 Å². The van der Waals surface area contributed by atoms with Crippen molar-refractivity contribution in [2.75, 3.05) is 0 Å². The van der Waals surface area contributed by atoms with Crippen LogP contribution in [-0.4, -0.2) is 11.3 Å². The highest BCUT2D eigenvalue weighted by atomic mass is 15.0. The monoisotopic (exact) mass is 634 g/mol. The lowest BCUT2D eigenvalue weighted by atomic mass is 9.89. The Morgan fingerprint density at radius 2 is 1.31 bits per heavy atom. The van der Waals surface area contributed by atoms with Gasteiger partial charge in [0.1, 0.15) is 0 Å². The van der Waals surface area contributed by atoms with Crippen LogP contribution < -0.4 is 5.73 Å². The third kappa shape index (κ3) is 6.04. The van der Waals surface area contributed by atoms with Gasteiger partial charge in [-0.2, -0.15) is 5.26 Å². The van der Waals surface area contributed by atoms with Gasteiger partial charge in [-0.3, -0.25) is 0 Å². The van der Waals surface area contributed by atoms with Gasteiger partial charge < -0.3 is 15.7 Å². The van der Waals surface area contributed by atoms with E-state index in [4.69, 9.17) is 11.1 Å². The fourth-order valence-corrected chi connectivity index (χ4v) is 7.35. The molecule has 9 rings (SSSR count). The van der Waals surface area contributed by atoms with Gasteiger partial charge in [0, 0.05) is 22.2 Å². The molecular weight excluding hydrogens is 597 g/mol. The molecule has 0 bridgehead atoms. The molecule has 2 aliphatic carbocycles. The number of nitrogens with zero attached hydrogens (tertiary/aromatic N) is 2. The van der Waals surface area contributed by atoms with Gasteiger partial charge in [-0.1, -0.05) is 115 Å². The zero-order chi connectivity index (χ0) is 33.7. The first kappa shape index (κ1) is 31.4. The van der Waals surface area contributed by atoms with E-state index in [9.17, 15) is 5.26 Å². The summed E-state index contributed by atoms with van der Waals surface area (Å²) in [6.45, 7) is 2.50. The summed E-state index contributed by atoms with van der Waals surface area (Å²) < 4.78 is 2.32. The maximum absolute atomic E-state index is 9.35. The Hall–Kier alpha value is -6.18. The second kappa shape index (κ2) is 13.9. The SMILES string of the molecule is C=N.N#Cc1ccc2c3ccccc3c3cc(CC4C=CC=CC4)ccc3c2c1.NC1=CC(n2c3ccccc3c3ccccc32)=CCC1. The van der Waals surface area contributed by atoms with Crippen molar-refractivity contribution in [3.63, 3.8) is 0 Å². The fraction of sp³-hybridized carbons (Fsp3) is 0.111. The third-order valence-corrected chi connectivity index (χ3v) is 9.56. The molecule has 0 saturated carbocycles. The molecule has 6 aromatic carbocycles. The molecule has 3 N–H and O–H groups in total. The van der Waals surface area contributed by atoms with Crippen molar-refractivity contribution in [2.24, 2.45) is 11.7 Å². The first-order valence-corrected chi connectivity index (χ1v) is 16.8. The van der Waals surface area contributed by atoms with Crippen LogP contribution in [0.25, 0.3) is 59.8 Å². The second-order valence-corrected chi connectivity index (χ2v) is 12.6. The number of nitrogens with one attached hydrogen (secondary N) is 1. The van der Waals surface area contributed by atoms with Gasteiger partial charge in [0.2, 0.25) is 0 Å². The molecule has 0 radical (unpaired) electrons. The lowest BCUT2D eigenvalue weighted by molar-refractivity contribution is 0.654. The molecule has 7 aromatic rings. The highest BCUT2D eigenvalue weighted by Crippen LogP contribution is 2.37. The van der Waals surface area contributed by atoms with Crippen molar-refractivity contribution in [2.45, 2.75) is 25.7 Å². The Morgan fingerprint density at radius 1 is 0.714 bits per heavy atom. The number of nitrogens with two attached hydrogens (primary N) is 1. The van der Waals surface area contributed by atoms with Crippen LogP contribution in [0, 0.1) is 22.7 Å². The van der Waals surface area contributed by atoms with E-state index in [2.05, 4.69) is 151 Å². The fourth-order valence-electron chi connectivity index (χ4n) is 7.35. The number of para-hydroxylation sites is 2. The molecule has 1 heterocycles. The molecule has 49 heavy (non-hydrogen) atoms. The summed E-state index contributed by atoms with van der Waals surface area (Å²) in [7, 11) is 0. The lowest BCUT2D eigenvalue weighted by Crippen LogP contribution is -2.05. The van der Waals surface area contributed by atoms with Gasteiger partial charge in [-0.15, -0.1) is 0 Å². The number of aromatic nitrogens is 1. The van der Waals surface area contributed by atoms with Crippen molar-refractivity contribution in [3.05, 3.63) is 162 Å². The third-order valence-electron chi connectivity index (χ3n) is 9.56. The Morgan fingerprint density at radius 3 is 1.96 bits per heavy atom. The highest BCUT2D eigenvalue weighted by Gasteiger charge is 2.14. The van der Waals surface area contributed by atoms with Crippen LogP contribution in [0.15, 0.2) is 151 Å². The number of fused-ring (bicyclic) bond motifs is 9. The van der Waals surface area contributed by atoms with Crippen LogP contribution in [0.3, 0.4) is 0 Å². The highest BCUT2D eigenvalue weighted by molar-refractivity contribution is 6.25. The van der Waals surface area contributed by atoms with Crippen LogP contribution in [0.2, 0.25) is 0 Å². The molecule has 1 atom stereocenters. The van der Waals surface area contributed by atoms with Crippen molar-refractivity contribution >= 4 is 66.5 Å². The minimum Gasteiger partial charge on any atom is -0.402 e. The molecular formula is C45H38N4. The standard InChI is InChI=1S/C26H19N.C18H16N2.CH3N/c27-17-20-11-13-23-21-8-4-5-9-22(21)25-15-19(10-12-24(25)26(23)16-20)14-18-6-2-1-3-7-18;19-13-6-5-7-14(12-13)20-17-10-3-1-8-15(17)16-9-2-4-11-18(16)20;1-2/h1-6,8-13,15-16,18H,7,14H2;1-4,7-12H,5-6,19H2;2H,1H2. The zero-order valence-corrected chi connectivity index (χ0v) is 27.4. The van der Waals surface area contributed by atoms with Gasteiger partial charge in [0.25, 0.3) is 0 Å². The summed E-state index contributed by atoms with van der Waals surface area (Å²) in [6.07, 6.45) is 17.3. The number of nitriles is 1. The topological polar surface area (TPSA) is 78.6 Å². The molecule has 0 amide bonds. The van der Waals surface area contributed by atoms with E-state index in [1.165, 1.54) is 60.0 Å². The molecule has 0 aliphatic heterocycles. The van der Waals surface area contributed by atoms with Crippen LogP contribution in [0.5, 0.6) is 0 Å². The minimum atomic E-state index is 0.573. The first-order valence-electron chi connectivity index (χ1n) is 16.8. The lowest BCUT2D eigenvalue weighted by Gasteiger charge is -2.15. The second-order valence-electron chi connectivity index (χ2n) is 12.6. The molecule has 0 saturated heterocycles. The number of hydrogen-bond acceptors (Lipinski definition) is 3. The van der Waals surface area contributed by atoms with E-state index < -0.39 is 0 Å². The average molecular weight is 635 g/mol. The average Bonchev–Trinajstić information content (AvgIpc) is 3.51. The van der Waals surface area contributed by atoms with Gasteiger partial charge in [0.05, 0.1) is 22.7 Å². The van der Waals surface area contributed by atoms with Crippen LogP contribution >= 0.6 is 0 Å². The summed E-state index contributed by atoms with van der Waals surface area (Å²) in [6, 6.07) is 40.8. The van der Waals surface area contributed by atoms with Crippen molar-refractivity contribution < 1.29 is 0 Å². The predicted octanol–water partition coefficient (Wildman–Crippen LogP) is 11.2. The van der Waals surface area contributed by atoms with E-state index in [0.717, 1.165) is 36.8 Å². The van der Waals surface area contributed by atoms with E-state index >= 15 is 0 Å². The molecule has 0 spiro atoms. The summed E-state index contributed by atoms with van der Waals surface area (Å²) in [5.74, 6) is 0.573. The van der Waals surface area contributed by atoms with Gasteiger partial charge in [-0.05, 0) is 107 Å². The van der Waals surface area contributed by atoms with Crippen LogP contribution in [-0.2, 0) is 6.42 Å². The predicted molar refractivity (Wildman–Crippen MR) is 209 cm³/mol. The molecule has 0 fully saturated rings. The summed E-state index contributed by atoms with van der Waals surface area (Å²) in [4.78, 5) is 0. The quantitative estimate of drug-likeness (QED) is 0.150. The van der Waals surface area contributed by atoms with E-state index in [1.54, 1.807) is 0 Å².